The Labute approximate surface area is 194 Å². The number of sulfonamides is 1. The number of hydrogen-bond donors (Lipinski definition) is 1. The van der Waals surface area contributed by atoms with Gasteiger partial charge in [-0.1, -0.05) is 37.3 Å². The molecule has 2 aromatic rings. The van der Waals surface area contributed by atoms with Crippen LogP contribution in [0.25, 0.3) is 0 Å². The predicted octanol–water partition coefficient (Wildman–Crippen LogP) is 3.04. The molecule has 1 amide bonds. The van der Waals surface area contributed by atoms with E-state index in [4.69, 9.17) is 11.6 Å². The van der Waals surface area contributed by atoms with E-state index in [0.717, 1.165) is 31.4 Å². The third-order valence-corrected chi connectivity index (χ3v) is 8.33. The average molecular weight is 480 g/mol. The van der Waals surface area contributed by atoms with Crippen molar-refractivity contribution in [3.8, 4) is 0 Å². The Morgan fingerprint density at radius 2 is 1.66 bits per heavy atom. The zero-order chi connectivity index (χ0) is 22.7. The molecular weight excluding hydrogens is 450 g/mol. The van der Waals surface area contributed by atoms with Crippen molar-refractivity contribution in [2.24, 2.45) is 7.05 Å². The molecule has 1 aromatic carbocycles. The van der Waals surface area contributed by atoms with Crippen LogP contribution >= 0.6 is 11.6 Å². The molecule has 2 heterocycles. The maximum Gasteiger partial charge on any atom is 0.263 e. The molecule has 0 unspecified atom stereocenters. The summed E-state index contributed by atoms with van der Waals surface area (Å²) in [5, 5.41) is 7.72. The molecule has 174 valence electrons. The van der Waals surface area contributed by atoms with Gasteiger partial charge in [-0.25, -0.2) is 8.42 Å². The molecule has 1 saturated heterocycles. The molecule has 4 rings (SSSR count). The Bertz CT molecular complexity index is 1040. The number of nitrogens with one attached hydrogen (secondary N) is 1. The number of aromatic nitrogens is 2. The van der Waals surface area contributed by atoms with Gasteiger partial charge in [0.05, 0.1) is 5.56 Å². The van der Waals surface area contributed by atoms with Crippen molar-refractivity contribution < 1.29 is 13.2 Å². The van der Waals surface area contributed by atoms with Crippen LogP contribution in [0.1, 0.15) is 48.9 Å². The highest BCUT2D eigenvalue weighted by atomic mass is 35.5. The molecule has 1 saturated carbocycles. The fourth-order valence-corrected chi connectivity index (χ4v) is 6.13. The number of rotatable bonds is 5. The zero-order valence-corrected chi connectivity index (χ0v) is 19.9. The summed E-state index contributed by atoms with van der Waals surface area (Å²) >= 11 is 5.97. The van der Waals surface area contributed by atoms with Gasteiger partial charge in [-0.05, 0) is 37.1 Å². The number of aryl methyl sites for hydroxylation is 1. The van der Waals surface area contributed by atoms with E-state index < -0.39 is 10.0 Å². The second-order valence-corrected chi connectivity index (χ2v) is 10.8. The van der Waals surface area contributed by atoms with E-state index in [1.54, 1.807) is 7.05 Å². The van der Waals surface area contributed by atoms with Crippen molar-refractivity contribution in [3.63, 3.8) is 0 Å². The molecule has 10 heteroatoms. The Kier molecular flexibility index (Phi) is 7.07. The van der Waals surface area contributed by atoms with Crippen molar-refractivity contribution in [1.29, 1.82) is 0 Å². The SMILES string of the molecule is Cn1cc(C(=O)NC2CCCCCC2)c(S(=O)(=O)N2CCN(c3ccc(Cl)cc3)CC2)n1. The van der Waals surface area contributed by atoms with Crippen molar-refractivity contribution in [1.82, 2.24) is 19.4 Å². The zero-order valence-electron chi connectivity index (χ0n) is 18.3. The highest BCUT2D eigenvalue weighted by molar-refractivity contribution is 7.89. The maximum absolute atomic E-state index is 13.4. The minimum absolute atomic E-state index is 0.0867. The molecule has 0 bridgehead atoms. The summed E-state index contributed by atoms with van der Waals surface area (Å²) in [6.07, 6.45) is 7.90. The second-order valence-electron chi connectivity index (χ2n) is 8.55. The van der Waals surface area contributed by atoms with Gasteiger partial charge in [0, 0.05) is 56.2 Å². The lowest BCUT2D eigenvalue weighted by molar-refractivity contribution is 0.0929. The lowest BCUT2D eigenvalue weighted by atomic mass is 10.1. The molecule has 1 N–H and O–H groups in total. The van der Waals surface area contributed by atoms with Gasteiger partial charge in [-0.3, -0.25) is 9.48 Å². The van der Waals surface area contributed by atoms with Crippen LogP contribution in [0.2, 0.25) is 5.02 Å². The molecular formula is C22H30ClN5O3S. The van der Waals surface area contributed by atoms with E-state index in [9.17, 15) is 13.2 Å². The first-order valence-electron chi connectivity index (χ1n) is 11.2. The fraction of sp³-hybridized carbons (Fsp3) is 0.545. The van der Waals surface area contributed by atoms with Crippen LogP contribution < -0.4 is 10.2 Å². The van der Waals surface area contributed by atoms with Crippen molar-refractivity contribution in [2.75, 3.05) is 31.1 Å². The van der Waals surface area contributed by atoms with E-state index in [1.807, 2.05) is 24.3 Å². The summed E-state index contributed by atoms with van der Waals surface area (Å²) in [6.45, 7) is 1.75. The van der Waals surface area contributed by atoms with Gasteiger partial charge in [0.15, 0.2) is 0 Å². The highest BCUT2D eigenvalue weighted by Crippen LogP contribution is 2.24. The van der Waals surface area contributed by atoms with Crippen LogP contribution in [0.15, 0.2) is 35.5 Å². The van der Waals surface area contributed by atoms with E-state index in [0.29, 0.717) is 31.2 Å². The molecule has 1 aliphatic heterocycles. The topological polar surface area (TPSA) is 87.5 Å². The third kappa shape index (κ3) is 5.10. The smallest absolute Gasteiger partial charge is 0.263 e. The minimum atomic E-state index is -3.88. The second kappa shape index (κ2) is 9.80. The van der Waals surface area contributed by atoms with Gasteiger partial charge >= 0.3 is 0 Å². The summed E-state index contributed by atoms with van der Waals surface area (Å²) in [6, 6.07) is 7.60. The molecule has 0 atom stereocenters. The lowest BCUT2D eigenvalue weighted by Crippen LogP contribution is -2.49. The molecule has 2 fully saturated rings. The Morgan fingerprint density at radius 1 is 1.03 bits per heavy atom. The normalized spacial score (nSPS) is 19.0. The maximum atomic E-state index is 13.4. The van der Waals surface area contributed by atoms with Gasteiger partial charge < -0.3 is 10.2 Å². The summed E-state index contributed by atoms with van der Waals surface area (Å²) in [5.74, 6) is -0.358. The first-order chi connectivity index (χ1) is 15.3. The number of anilines is 1. The Balaban J connectivity index is 1.47. The Morgan fingerprint density at radius 3 is 2.28 bits per heavy atom. The van der Waals surface area contributed by atoms with Crippen LogP contribution in [0.5, 0.6) is 0 Å². The van der Waals surface area contributed by atoms with Crippen molar-refractivity contribution in [2.45, 2.75) is 49.6 Å². The minimum Gasteiger partial charge on any atom is -0.369 e. The van der Waals surface area contributed by atoms with Crippen LogP contribution in [0.3, 0.4) is 0 Å². The van der Waals surface area contributed by atoms with Crippen molar-refractivity contribution >= 4 is 33.2 Å². The quantitative estimate of drug-likeness (QED) is 0.666. The van der Waals surface area contributed by atoms with Gasteiger partial charge in [0.2, 0.25) is 5.03 Å². The summed E-state index contributed by atoms with van der Waals surface area (Å²) < 4.78 is 29.6. The summed E-state index contributed by atoms with van der Waals surface area (Å²) in [5.41, 5.74) is 1.13. The summed E-state index contributed by atoms with van der Waals surface area (Å²) in [7, 11) is -2.25. The number of nitrogens with zero attached hydrogens (tertiary/aromatic N) is 4. The molecule has 32 heavy (non-hydrogen) atoms. The van der Waals surface area contributed by atoms with Crippen LogP contribution in [0, 0.1) is 0 Å². The molecule has 1 aliphatic carbocycles. The number of piperazine rings is 1. The van der Waals surface area contributed by atoms with Crippen LogP contribution in [-0.4, -0.2) is 60.6 Å². The first kappa shape index (κ1) is 23.1. The number of halogens is 1. The average Bonchev–Trinajstić information content (AvgIpc) is 3.01. The molecule has 1 aromatic heterocycles. The monoisotopic (exact) mass is 479 g/mol. The number of carbonyl (C=O) groups excluding carboxylic acids is 1. The lowest BCUT2D eigenvalue weighted by Gasteiger charge is -2.35. The Hall–Kier alpha value is -2.10. The van der Waals surface area contributed by atoms with Gasteiger partial charge in [0.25, 0.3) is 15.9 Å². The van der Waals surface area contributed by atoms with E-state index in [1.165, 1.54) is 28.0 Å². The van der Waals surface area contributed by atoms with Crippen LogP contribution in [-0.2, 0) is 17.1 Å². The first-order valence-corrected chi connectivity index (χ1v) is 13.0. The highest BCUT2D eigenvalue weighted by Gasteiger charge is 2.35. The molecule has 0 spiro atoms. The van der Waals surface area contributed by atoms with E-state index in [2.05, 4.69) is 15.3 Å². The van der Waals surface area contributed by atoms with Gasteiger partial charge in [0.1, 0.15) is 0 Å². The van der Waals surface area contributed by atoms with Crippen molar-refractivity contribution in [3.05, 3.63) is 41.0 Å². The summed E-state index contributed by atoms with van der Waals surface area (Å²) in [4.78, 5) is 15.1. The number of hydrogen-bond acceptors (Lipinski definition) is 5. The molecule has 8 nitrogen and oxygen atoms in total. The van der Waals surface area contributed by atoms with E-state index in [-0.39, 0.29) is 22.5 Å². The number of amides is 1. The van der Waals surface area contributed by atoms with Gasteiger partial charge in [-0.2, -0.15) is 9.40 Å². The third-order valence-electron chi connectivity index (χ3n) is 6.24. The number of carbonyl (C=O) groups is 1. The predicted molar refractivity (Wildman–Crippen MR) is 125 cm³/mol. The fourth-order valence-electron chi connectivity index (χ4n) is 4.46. The van der Waals surface area contributed by atoms with Crippen LogP contribution in [0.4, 0.5) is 5.69 Å². The molecule has 2 aliphatic rings. The van der Waals surface area contributed by atoms with E-state index >= 15 is 0 Å². The molecule has 0 radical (unpaired) electrons. The largest absolute Gasteiger partial charge is 0.369 e. The standard InChI is InChI=1S/C22H30ClN5O3S/c1-26-16-20(21(29)24-18-6-4-2-3-5-7-18)22(25-26)32(30,31)28-14-12-27(13-15-28)19-10-8-17(23)9-11-19/h8-11,16,18H,2-7,12-15H2,1H3,(H,24,29). The van der Waals surface area contributed by atoms with Gasteiger partial charge in [-0.15, -0.1) is 0 Å². The number of benzene rings is 1.